The normalized spacial score (nSPS) is 13.7. The third-order valence-corrected chi connectivity index (χ3v) is 3.34. The van der Waals surface area contributed by atoms with Gasteiger partial charge in [0.15, 0.2) is 5.88 Å². The minimum Gasteiger partial charge on any atom is -0.494 e. The van der Waals surface area contributed by atoms with E-state index in [-0.39, 0.29) is 5.88 Å². The van der Waals surface area contributed by atoms with Gasteiger partial charge in [-0.15, -0.1) is 10.2 Å². The van der Waals surface area contributed by atoms with Gasteiger partial charge in [0.05, 0.1) is 0 Å². The van der Waals surface area contributed by atoms with Crippen molar-refractivity contribution in [2.45, 2.75) is 0 Å². The van der Waals surface area contributed by atoms with E-state index in [1.165, 1.54) is 0 Å². The van der Waals surface area contributed by atoms with Gasteiger partial charge in [-0.2, -0.15) is 0 Å². The summed E-state index contributed by atoms with van der Waals surface area (Å²) in [5, 5.41) is 24.2. The number of rotatable bonds is 1. The van der Waals surface area contributed by atoms with E-state index in [0.29, 0.717) is 0 Å². The minimum absolute atomic E-state index is 0.165. The lowest BCUT2D eigenvalue weighted by molar-refractivity contribution is 0.457. The van der Waals surface area contributed by atoms with Crippen LogP contribution in [0.1, 0.15) is 5.56 Å². The molecule has 5 nitrogen and oxygen atoms in total. The van der Waals surface area contributed by atoms with Gasteiger partial charge in [-0.1, -0.05) is 24.3 Å². The number of H-pyrrole nitrogens is 1. The molecule has 0 spiro atoms. The van der Waals surface area contributed by atoms with E-state index in [0.717, 1.165) is 32.7 Å². The maximum absolute atomic E-state index is 10.0. The van der Waals surface area contributed by atoms with Crippen molar-refractivity contribution in [3.8, 4) is 5.88 Å². The summed E-state index contributed by atoms with van der Waals surface area (Å²) in [6, 6.07) is 13.5. The Morgan fingerprint density at radius 3 is 2.95 bits per heavy atom. The molecule has 3 aromatic rings. The van der Waals surface area contributed by atoms with Crippen LogP contribution in [0.5, 0.6) is 5.88 Å². The van der Waals surface area contributed by atoms with Crippen LogP contribution in [0.15, 0.2) is 57.9 Å². The molecule has 0 saturated heterocycles. The summed E-state index contributed by atoms with van der Waals surface area (Å²) in [5.74, 6) is 0.165. The topological polar surface area (TPSA) is 73.1 Å². The van der Waals surface area contributed by atoms with Gasteiger partial charge in [-0.25, -0.2) is 0 Å². The zero-order valence-corrected chi connectivity index (χ0v) is 10.4. The maximum atomic E-state index is 10.0. The molecule has 0 radical (unpaired) electrons. The highest BCUT2D eigenvalue weighted by atomic mass is 16.3. The summed E-state index contributed by atoms with van der Waals surface area (Å²) >= 11 is 0. The van der Waals surface area contributed by atoms with Crippen LogP contribution in [-0.4, -0.2) is 10.1 Å². The Labute approximate surface area is 113 Å². The number of para-hydroxylation sites is 1. The first kappa shape index (κ1) is 10.9. The third kappa shape index (κ3) is 1.60. The first-order valence-electron chi connectivity index (χ1n) is 6.21. The quantitative estimate of drug-likeness (QED) is 0.694. The van der Waals surface area contributed by atoms with Crippen LogP contribution < -0.4 is 10.6 Å². The van der Waals surface area contributed by atoms with Crippen LogP contribution in [0.3, 0.4) is 0 Å². The minimum atomic E-state index is 0.165. The Morgan fingerprint density at radius 2 is 2.00 bits per heavy atom. The van der Waals surface area contributed by atoms with Crippen molar-refractivity contribution < 1.29 is 5.11 Å². The molecule has 2 heterocycles. The predicted molar refractivity (Wildman–Crippen MR) is 75.3 cm³/mol. The third-order valence-electron chi connectivity index (χ3n) is 3.34. The van der Waals surface area contributed by atoms with E-state index >= 15 is 0 Å². The molecular weight excluding hydrogens is 252 g/mol. The Morgan fingerprint density at radius 1 is 1.10 bits per heavy atom. The molecule has 0 fully saturated rings. The van der Waals surface area contributed by atoms with Crippen molar-refractivity contribution in [1.82, 2.24) is 4.98 Å². The number of aromatic hydroxyl groups is 1. The van der Waals surface area contributed by atoms with E-state index in [4.69, 9.17) is 0 Å². The molecule has 20 heavy (non-hydrogen) atoms. The molecule has 0 aliphatic carbocycles. The smallest absolute Gasteiger partial charge is 0.196 e. The number of nitrogens with zero attached hydrogens (tertiary/aromatic N) is 3. The van der Waals surface area contributed by atoms with Gasteiger partial charge < -0.3 is 10.1 Å². The molecule has 0 amide bonds. The molecule has 0 unspecified atom stereocenters. The molecule has 1 aliphatic heterocycles. The van der Waals surface area contributed by atoms with Crippen molar-refractivity contribution in [3.05, 3.63) is 58.6 Å². The highest BCUT2D eigenvalue weighted by Gasteiger charge is 2.07. The lowest BCUT2D eigenvalue weighted by atomic mass is 10.1. The van der Waals surface area contributed by atoms with Crippen molar-refractivity contribution in [2.75, 3.05) is 0 Å². The first-order valence-corrected chi connectivity index (χ1v) is 6.21. The van der Waals surface area contributed by atoms with Gasteiger partial charge in [0.1, 0.15) is 11.0 Å². The second kappa shape index (κ2) is 4.03. The first-order chi connectivity index (χ1) is 9.81. The molecule has 0 bridgehead atoms. The summed E-state index contributed by atoms with van der Waals surface area (Å²) in [4.78, 5) is 2.96. The van der Waals surface area contributed by atoms with E-state index < -0.39 is 0 Å². The fourth-order valence-electron chi connectivity index (χ4n) is 2.38. The predicted octanol–water partition coefficient (Wildman–Crippen LogP) is 2.33. The van der Waals surface area contributed by atoms with E-state index in [1.807, 2.05) is 48.5 Å². The summed E-state index contributed by atoms with van der Waals surface area (Å²) in [6.45, 7) is 0. The lowest BCUT2D eigenvalue weighted by Gasteiger charge is -1.93. The Balaban J connectivity index is 1.97. The van der Waals surface area contributed by atoms with Gasteiger partial charge in [-0.3, -0.25) is 0 Å². The fourth-order valence-corrected chi connectivity index (χ4v) is 2.38. The number of fused-ring (bicyclic) bond motifs is 2. The Kier molecular flexibility index (Phi) is 2.20. The SMILES string of the molecule is Oc1[nH]c2ccccc2c1/C=c1\ccc2c(c1)N=NN=2. The number of nitrogens with one attached hydrogen (secondary N) is 1. The van der Waals surface area contributed by atoms with Crippen LogP contribution in [0.2, 0.25) is 0 Å². The summed E-state index contributed by atoms with van der Waals surface area (Å²) < 4.78 is 0. The highest BCUT2D eigenvalue weighted by Crippen LogP contribution is 2.27. The molecule has 96 valence electrons. The van der Waals surface area contributed by atoms with Crippen LogP contribution in [0.4, 0.5) is 5.69 Å². The van der Waals surface area contributed by atoms with Crippen LogP contribution >= 0.6 is 0 Å². The van der Waals surface area contributed by atoms with Crippen molar-refractivity contribution in [1.29, 1.82) is 0 Å². The molecule has 0 atom stereocenters. The van der Waals surface area contributed by atoms with Crippen LogP contribution in [0, 0.1) is 0 Å². The lowest BCUT2D eigenvalue weighted by Crippen LogP contribution is -2.06. The van der Waals surface area contributed by atoms with Crippen molar-refractivity contribution >= 4 is 22.7 Å². The van der Waals surface area contributed by atoms with Gasteiger partial charge in [0, 0.05) is 16.5 Å². The molecule has 4 rings (SSSR count). The zero-order chi connectivity index (χ0) is 13.5. The molecule has 2 N–H and O–H groups in total. The van der Waals surface area contributed by atoms with Gasteiger partial charge >= 0.3 is 0 Å². The molecule has 2 aromatic carbocycles. The average Bonchev–Trinajstić information content (AvgIpc) is 3.04. The second-order valence-corrected chi connectivity index (χ2v) is 4.61. The van der Waals surface area contributed by atoms with Crippen molar-refractivity contribution in [3.63, 3.8) is 0 Å². The fraction of sp³-hybridized carbons (Fsp3) is 0. The van der Waals surface area contributed by atoms with Gasteiger partial charge in [0.25, 0.3) is 0 Å². The summed E-state index contributed by atoms with van der Waals surface area (Å²) in [7, 11) is 0. The Hall–Kier alpha value is -2.95. The monoisotopic (exact) mass is 262 g/mol. The molecule has 1 aliphatic rings. The molecule has 1 aromatic heterocycles. The van der Waals surface area contributed by atoms with E-state index in [2.05, 4.69) is 20.4 Å². The van der Waals surface area contributed by atoms with E-state index in [9.17, 15) is 5.11 Å². The number of hydrogen-bond acceptors (Lipinski definition) is 4. The number of benzene rings is 2. The molecule has 0 saturated carbocycles. The standard InChI is InChI=1S/C15H10N4O/c20-15-11(10-3-1-2-4-12(10)16-15)7-9-5-6-13-14(8-9)18-19-17-13/h1-8,16,20H/b9-7+. The Bertz CT molecular complexity index is 969. The zero-order valence-electron chi connectivity index (χ0n) is 10.4. The van der Waals surface area contributed by atoms with E-state index in [1.54, 1.807) is 0 Å². The van der Waals surface area contributed by atoms with Gasteiger partial charge in [0.2, 0.25) is 0 Å². The number of hydrogen-bond donors (Lipinski definition) is 2. The maximum Gasteiger partial charge on any atom is 0.196 e. The van der Waals surface area contributed by atoms with Gasteiger partial charge in [-0.05, 0) is 34.7 Å². The molecule has 5 heteroatoms. The largest absolute Gasteiger partial charge is 0.494 e. The van der Waals surface area contributed by atoms with Crippen LogP contribution in [0.25, 0.3) is 17.0 Å². The number of aromatic amines is 1. The number of aromatic nitrogens is 1. The highest BCUT2D eigenvalue weighted by molar-refractivity contribution is 5.91. The summed E-state index contributed by atoms with van der Waals surface area (Å²) in [6.07, 6.45) is 1.92. The average molecular weight is 262 g/mol. The second-order valence-electron chi connectivity index (χ2n) is 4.61. The molecular formula is C15H10N4O. The van der Waals surface area contributed by atoms with Crippen molar-refractivity contribution in [2.24, 2.45) is 15.4 Å². The van der Waals surface area contributed by atoms with Crippen LogP contribution in [-0.2, 0) is 0 Å². The summed E-state index contributed by atoms with van der Waals surface area (Å²) in [5.41, 5.74) is 2.43.